The Bertz CT molecular complexity index is 804. The average molecular weight is 385 g/mol. The van der Waals surface area contributed by atoms with Gasteiger partial charge < -0.3 is 5.32 Å². The molecule has 0 radical (unpaired) electrons. The van der Waals surface area contributed by atoms with Crippen LogP contribution in [0.25, 0.3) is 0 Å². The molecule has 2 atom stereocenters. The van der Waals surface area contributed by atoms with Crippen molar-refractivity contribution < 1.29 is 30.0 Å². The summed E-state index contributed by atoms with van der Waals surface area (Å²) in [5.74, 6) is 0. The molecule has 0 saturated heterocycles. The highest BCUT2D eigenvalue weighted by Gasteiger charge is 2.48. The second kappa shape index (κ2) is 6.55. The number of nitrogens with one attached hydrogen (secondary N) is 1. The van der Waals surface area contributed by atoms with Gasteiger partial charge in [-0.25, -0.2) is 16.8 Å². The quantitative estimate of drug-likeness (QED) is 0.862. The summed E-state index contributed by atoms with van der Waals surface area (Å²) < 4.78 is 85.1. The molecule has 0 heterocycles. The maximum atomic E-state index is 12.8. The van der Waals surface area contributed by atoms with E-state index < -0.39 is 41.4 Å². The van der Waals surface area contributed by atoms with Gasteiger partial charge >= 0.3 is 5.51 Å². The van der Waals surface area contributed by atoms with Crippen molar-refractivity contribution in [2.24, 2.45) is 0 Å². The number of benzene rings is 1. The molecular formula is C14H18F3NO4S2. The van der Waals surface area contributed by atoms with Crippen LogP contribution in [0.4, 0.5) is 18.9 Å². The van der Waals surface area contributed by atoms with E-state index in [1.165, 1.54) is 18.2 Å². The van der Waals surface area contributed by atoms with Gasteiger partial charge in [-0.1, -0.05) is 18.6 Å². The number of sulfone groups is 2. The molecular weight excluding hydrogens is 367 g/mol. The van der Waals surface area contributed by atoms with E-state index in [9.17, 15) is 30.0 Å². The molecule has 1 N–H and O–H groups in total. The lowest BCUT2D eigenvalue weighted by molar-refractivity contribution is -0.0435. The van der Waals surface area contributed by atoms with Gasteiger partial charge in [0.2, 0.25) is 0 Å². The van der Waals surface area contributed by atoms with Crippen molar-refractivity contribution in [3.05, 3.63) is 24.3 Å². The van der Waals surface area contributed by atoms with E-state index in [2.05, 4.69) is 5.32 Å². The molecule has 0 aliphatic heterocycles. The smallest absolute Gasteiger partial charge is 0.381 e. The highest BCUT2D eigenvalue weighted by molar-refractivity contribution is 7.92. The Morgan fingerprint density at radius 2 is 1.71 bits per heavy atom. The second-order valence-electron chi connectivity index (χ2n) is 5.90. The Morgan fingerprint density at radius 3 is 2.29 bits per heavy atom. The van der Waals surface area contributed by atoms with Gasteiger partial charge in [-0.05, 0) is 31.4 Å². The van der Waals surface area contributed by atoms with Crippen LogP contribution in [0.15, 0.2) is 29.2 Å². The largest absolute Gasteiger partial charge is 0.501 e. The third-order valence-electron chi connectivity index (χ3n) is 4.07. The van der Waals surface area contributed by atoms with Gasteiger partial charge in [0, 0.05) is 12.3 Å². The van der Waals surface area contributed by atoms with E-state index in [0.717, 1.165) is 12.3 Å². The van der Waals surface area contributed by atoms with Crippen LogP contribution in [0.1, 0.15) is 25.7 Å². The molecule has 5 nitrogen and oxygen atoms in total. The van der Waals surface area contributed by atoms with E-state index in [4.69, 9.17) is 0 Å². The number of hydrogen-bond donors (Lipinski definition) is 1. The predicted octanol–water partition coefficient (Wildman–Crippen LogP) is 2.75. The fourth-order valence-electron chi connectivity index (χ4n) is 2.83. The number of alkyl halides is 3. The molecule has 136 valence electrons. The molecule has 0 bridgehead atoms. The summed E-state index contributed by atoms with van der Waals surface area (Å²) in [4.78, 5) is -0.848. The van der Waals surface area contributed by atoms with Crippen LogP contribution in [0, 0.1) is 0 Å². The van der Waals surface area contributed by atoms with Crippen molar-refractivity contribution in [2.75, 3.05) is 11.6 Å². The van der Waals surface area contributed by atoms with E-state index in [-0.39, 0.29) is 12.1 Å². The standard InChI is InChI=1S/C14H18F3NO4S2/c1-23(19,20)11-6-4-5-10(9-11)18-12-7-2-3-8-13(12)24(21,22)14(15,16)17/h2-3,7-8,10-11,18H,4-6,9H2,1H3. The van der Waals surface area contributed by atoms with E-state index in [1.54, 1.807) is 0 Å². The normalized spacial score (nSPS) is 23.0. The summed E-state index contributed by atoms with van der Waals surface area (Å²) in [6.07, 6.45) is 3.02. The topological polar surface area (TPSA) is 80.3 Å². The molecule has 1 aliphatic carbocycles. The zero-order chi connectivity index (χ0) is 18.2. The molecule has 24 heavy (non-hydrogen) atoms. The number of hydrogen-bond acceptors (Lipinski definition) is 5. The summed E-state index contributed by atoms with van der Waals surface area (Å²) in [5, 5.41) is 2.21. The Kier molecular flexibility index (Phi) is 5.19. The van der Waals surface area contributed by atoms with Crippen molar-refractivity contribution in [2.45, 2.75) is 47.4 Å². The first kappa shape index (κ1) is 19.0. The molecule has 10 heteroatoms. The first-order valence-corrected chi connectivity index (χ1v) is 10.7. The van der Waals surface area contributed by atoms with Crippen LogP contribution >= 0.6 is 0 Å². The minimum atomic E-state index is -5.48. The van der Waals surface area contributed by atoms with Gasteiger partial charge in [-0.3, -0.25) is 0 Å². The van der Waals surface area contributed by atoms with Gasteiger partial charge in [-0.2, -0.15) is 13.2 Å². The highest BCUT2D eigenvalue weighted by atomic mass is 32.2. The number of halogens is 3. The number of para-hydroxylation sites is 1. The fraction of sp³-hybridized carbons (Fsp3) is 0.571. The maximum absolute atomic E-state index is 12.8. The van der Waals surface area contributed by atoms with Crippen molar-refractivity contribution >= 4 is 25.4 Å². The lowest BCUT2D eigenvalue weighted by Gasteiger charge is -2.30. The van der Waals surface area contributed by atoms with Crippen LogP contribution in [-0.2, 0) is 19.7 Å². The molecule has 1 aromatic carbocycles. The fourth-order valence-corrected chi connectivity index (χ4v) is 4.93. The first-order chi connectivity index (χ1) is 10.9. The van der Waals surface area contributed by atoms with Gasteiger partial charge in [0.05, 0.1) is 15.8 Å². The van der Waals surface area contributed by atoms with Crippen LogP contribution in [0.3, 0.4) is 0 Å². The Balaban J connectivity index is 2.29. The summed E-state index contributed by atoms with van der Waals surface area (Å²) in [6.45, 7) is 0. The zero-order valence-electron chi connectivity index (χ0n) is 12.9. The van der Waals surface area contributed by atoms with Crippen molar-refractivity contribution in [3.63, 3.8) is 0 Å². The van der Waals surface area contributed by atoms with Crippen molar-refractivity contribution in [1.29, 1.82) is 0 Å². The van der Waals surface area contributed by atoms with Gasteiger partial charge in [-0.15, -0.1) is 0 Å². The Hall–Kier alpha value is -1.29. The van der Waals surface area contributed by atoms with E-state index in [0.29, 0.717) is 19.3 Å². The predicted molar refractivity (Wildman–Crippen MR) is 84.2 cm³/mol. The average Bonchev–Trinajstić information content (AvgIpc) is 2.46. The Morgan fingerprint density at radius 1 is 1.08 bits per heavy atom. The molecule has 0 aromatic heterocycles. The van der Waals surface area contributed by atoms with Crippen molar-refractivity contribution in [1.82, 2.24) is 0 Å². The minimum Gasteiger partial charge on any atom is -0.381 e. The first-order valence-electron chi connectivity index (χ1n) is 7.28. The molecule has 1 aliphatic rings. The molecule has 2 rings (SSSR count). The van der Waals surface area contributed by atoms with Gasteiger partial charge in [0.15, 0.2) is 0 Å². The summed E-state index contributed by atoms with van der Waals surface area (Å²) in [6, 6.07) is 4.38. The monoisotopic (exact) mass is 385 g/mol. The highest BCUT2D eigenvalue weighted by Crippen LogP contribution is 2.35. The SMILES string of the molecule is CS(=O)(=O)C1CCCC(Nc2ccccc2S(=O)(=O)C(F)(F)F)C1. The second-order valence-corrected chi connectivity index (χ2v) is 10.1. The van der Waals surface area contributed by atoms with Gasteiger partial charge in [0.25, 0.3) is 9.84 Å². The van der Waals surface area contributed by atoms with Crippen LogP contribution in [0.2, 0.25) is 0 Å². The number of rotatable bonds is 4. The summed E-state index contributed by atoms with van der Waals surface area (Å²) in [7, 11) is -8.73. The summed E-state index contributed by atoms with van der Waals surface area (Å²) >= 11 is 0. The molecule has 1 saturated carbocycles. The zero-order valence-corrected chi connectivity index (χ0v) is 14.5. The Labute approximate surface area is 139 Å². The maximum Gasteiger partial charge on any atom is 0.501 e. The lowest BCUT2D eigenvalue weighted by atomic mass is 9.95. The molecule has 0 amide bonds. The van der Waals surface area contributed by atoms with Crippen LogP contribution in [-0.4, -0.2) is 39.9 Å². The van der Waals surface area contributed by atoms with Crippen molar-refractivity contribution in [3.8, 4) is 0 Å². The van der Waals surface area contributed by atoms with E-state index in [1.807, 2.05) is 0 Å². The number of anilines is 1. The third kappa shape index (κ3) is 4.02. The minimum absolute atomic E-state index is 0.158. The molecule has 1 fully saturated rings. The molecule has 1 aromatic rings. The lowest BCUT2D eigenvalue weighted by Crippen LogP contribution is -2.35. The third-order valence-corrected chi connectivity index (χ3v) is 7.26. The van der Waals surface area contributed by atoms with Crippen LogP contribution in [0.5, 0.6) is 0 Å². The molecule has 0 spiro atoms. The van der Waals surface area contributed by atoms with E-state index >= 15 is 0 Å². The van der Waals surface area contributed by atoms with Crippen LogP contribution < -0.4 is 5.32 Å². The van der Waals surface area contributed by atoms with Gasteiger partial charge in [0.1, 0.15) is 9.84 Å². The summed E-state index contributed by atoms with van der Waals surface area (Å²) in [5.41, 5.74) is -5.55. The molecule has 2 unspecified atom stereocenters.